The van der Waals surface area contributed by atoms with Gasteiger partial charge in [-0.3, -0.25) is 0 Å². The van der Waals surface area contributed by atoms with Crippen molar-refractivity contribution in [3.63, 3.8) is 0 Å². The first kappa shape index (κ1) is 46.9. The zero-order valence-corrected chi connectivity index (χ0v) is 35.9. The molecule has 9 aromatic carbocycles. The SMILES string of the molecule is Oc1c(O)c(O)c2c(oc3c(O)c(O)c(O)c(-c4c5c(O)c(O)c(O)c(O)c5c(-c5c(O)c(O)c(-c6c(O)c(O)c(O)c7c(O)c(O)c(O)c(O)c67)c6c(O)c(O)c(O)c(O)c56)c5c(O)c(O)c(O)c(O)c45)c32)c1O. The van der Waals surface area contributed by atoms with Crippen LogP contribution in [0.15, 0.2) is 4.42 Å². The fourth-order valence-electron chi connectivity index (χ4n) is 9.53. The van der Waals surface area contributed by atoms with E-state index in [1.54, 1.807) is 0 Å². The summed E-state index contributed by atoms with van der Waals surface area (Å²) in [6.45, 7) is 0. The zero-order chi connectivity index (χ0) is 55.3. The molecule has 75 heavy (non-hydrogen) atoms. The van der Waals surface area contributed by atoms with Gasteiger partial charge in [0.05, 0.1) is 10.8 Å². The van der Waals surface area contributed by atoms with Crippen molar-refractivity contribution in [3.05, 3.63) is 0 Å². The van der Waals surface area contributed by atoms with E-state index >= 15 is 0 Å². The molecule has 0 saturated carbocycles. The van der Waals surface area contributed by atoms with E-state index in [1.807, 2.05) is 0 Å². The van der Waals surface area contributed by atoms with Crippen LogP contribution in [0.3, 0.4) is 0 Å². The predicted molar refractivity (Wildman–Crippen MR) is 247 cm³/mol. The second-order valence-corrected chi connectivity index (χ2v) is 16.5. The third kappa shape index (κ3) is 5.20. The minimum Gasteiger partial charge on any atom is -0.504 e. The summed E-state index contributed by atoms with van der Waals surface area (Å²) in [6, 6.07) is 0. The van der Waals surface area contributed by atoms with Gasteiger partial charge in [0.2, 0.25) is 80.5 Å². The summed E-state index contributed by atoms with van der Waals surface area (Å²) in [4.78, 5) is 0. The molecule has 0 aliphatic rings. The lowest BCUT2D eigenvalue weighted by molar-refractivity contribution is 0.347. The average molecular weight is 1040 g/mol. The second kappa shape index (κ2) is 14.4. The minimum absolute atomic E-state index is 1.08. The van der Waals surface area contributed by atoms with Crippen LogP contribution in [-0.4, -0.2) is 143 Å². The van der Waals surface area contributed by atoms with E-state index in [0.29, 0.717) is 0 Å². The van der Waals surface area contributed by atoms with Crippen LogP contribution in [0.4, 0.5) is 0 Å². The van der Waals surface area contributed by atoms with Gasteiger partial charge in [0, 0.05) is 76.5 Å². The van der Waals surface area contributed by atoms with Gasteiger partial charge >= 0.3 is 0 Å². The van der Waals surface area contributed by atoms with Gasteiger partial charge in [-0.25, -0.2) is 0 Å². The Hall–Kier alpha value is -11.8. The quantitative estimate of drug-likeness (QED) is 0.0631. The number of furan rings is 1. The summed E-state index contributed by atoms with van der Waals surface area (Å²) in [5.74, 6) is -48.3. The lowest BCUT2D eigenvalue weighted by atomic mass is 9.79. The maximum atomic E-state index is 12.4. The van der Waals surface area contributed by atoms with Crippen molar-refractivity contribution in [2.24, 2.45) is 0 Å². The van der Waals surface area contributed by atoms with Gasteiger partial charge in [-0.15, -0.1) is 0 Å². The zero-order valence-electron chi connectivity index (χ0n) is 35.9. The van der Waals surface area contributed by atoms with Crippen LogP contribution >= 0.6 is 0 Å². The Balaban J connectivity index is 1.58. The number of hydrogen-bond donors (Lipinski definition) is 28. The first-order valence-electron chi connectivity index (χ1n) is 20.2. The molecule has 386 valence electrons. The molecule has 0 fully saturated rings. The van der Waals surface area contributed by atoms with Crippen molar-refractivity contribution in [1.82, 2.24) is 0 Å². The van der Waals surface area contributed by atoms with E-state index in [4.69, 9.17) is 4.42 Å². The van der Waals surface area contributed by atoms with Crippen LogP contribution in [0, 0.1) is 0 Å². The summed E-state index contributed by atoms with van der Waals surface area (Å²) in [6.07, 6.45) is 0. The van der Waals surface area contributed by atoms with Crippen molar-refractivity contribution in [2.45, 2.75) is 0 Å². The summed E-state index contributed by atoms with van der Waals surface area (Å²) in [5, 5.41) is 302. The summed E-state index contributed by atoms with van der Waals surface area (Å²) < 4.78 is 5.42. The van der Waals surface area contributed by atoms with Crippen molar-refractivity contribution in [2.75, 3.05) is 0 Å². The molecule has 0 aliphatic carbocycles. The van der Waals surface area contributed by atoms with Gasteiger partial charge in [0.1, 0.15) is 0 Å². The summed E-state index contributed by atoms with van der Waals surface area (Å²) in [5.41, 5.74) is -11.1. The molecule has 0 unspecified atom stereocenters. The molecule has 28 N–H and O–H groups in total. The molecule has 0 spiro atoms. The Bertz CT molecular complexity index is 4350. The maximum absolute atomic E-state index is 12.4. The number of phenols is 28. The molecule has 0 aliphatic heterocycles. The van der Waals surface area contributed by atoms with Gasteiger partial charge in [-0.05, 0) is 0 Å². The van der Waals surface area contributed by atoms with Crippen LogP contribution in [0.1, 0.15) is 0 Å². The maximum Gasteiger partial charge on any atom is 0.208 e. The molecule has 0 atom stereocenters. The molecular formula is C46H28O29. The van der Waals surface area contributed by atoms with E-state index in [0.717, 1.165) is 0 Å². The van der Waals surface area contributed by atoms with Crippen molar-refractivity contribution in [3.8, 4) is 194 Å². The minimum atomic E-state index is -1.96. The van der Waals surface area contributed by atoms with Crippen LogP contribution in [-0.2, 0) is 0 Å². The Kier molecular flexibility index (Phi) is 9.01. The van der Waals surface area contributed by atoms with Gasteiger partial charge in [-0.2, -0.15) is 0 Å². The van der Waals surface area contributed by atoms with E-state index in [2.05, 4.69) is 0 Å². The molecule has 0 saturated heterocycles. The first-order chi connectivity index (χ1) is 35.0. The Morgan fingerprint density at radius 3 is 0.587 bits per heavy atom. The molecule has 1 heterocycles. The molecule has 1 aromatic heterocycles. The molecule has 0 radical (unpaired) electrons. The van der Waals surface area contributed by atoms with Crippen molar-refractivity contribution in [1.29, 1.82) is 0 Å². The average Bonchev–Trinajstić information content (AvgIpc) is 3.84. The lowest BCUT2D eigenvalue weighted by Gasteiger charge is -2.26. The first-order valence-corrected chi connectivity index (χ1v) is 20.2. The number of aromatic hydroxyl groups is 28. The van der Waals surface area contributed by atoms with Crippen LogP contribution < -0.4 is 0 Å². The lowest BCUT2D eigenvalue weighted by Crippen LogP contribution is -1.98. The second-order valence-electron chi connectivity index (χ2n) is 16.5. The number of rotatable bonds is 3. The normalized spacial score (nSPS) is 11.9. The monoisotopic (exact) mass is 1040 g/mol. The molecule has 29 nitrogen and oxygen atoms in total. The number of fused-ring (bicyclic) bond motifs is 7. The molecular weight excluding hydrogens is 1020 g/mol. The smallest absolute Gasteiger partial charge is 0.208 e. The van der Waals surface area contributed by atoms with E-state index in [1.165, 1.54) is 0 Å². The van der Waals surface area contributed by atoms with Gasteiger partial charge in [-0.1, -0.05) is 0 Å². The van der Waals surface area contributed by atoms with Crippen LogP contribution in [0.2, 0.25) is 0 Å². The molecule has 10 rings (SSSR count). The molecule has 0 amide bonds. The third-order valence-corrected chi connectivity index (χ3v) is 12.9. The largest absolute Gasteiger partial charge is 0.504 e. The van der Waals surface area contributed by atoms with Gasteiger partial charge < -0.3 is 147 Å². The number of benzene rings is 9. The fourth-order valence-corrected chi connectivity index (χ4v) is 9.53. The Morgan fingerprint density at radius 2 is 0.280 bits per heavy atom. The number of phenolic OH excluding ortho intramolecular Hbond substituents is 28. The Morgan fingerprint density at radius 1 is 0.120 bits per heavy atom. The van der Waals surface area contributed by atoms with Crippen molar-refractivity contribution >= 4 is 65.0 Å². The van der Waals surface area contributed by atoms with Gasteiger partial charge in [0.15, 0.2) is 91.7 Å². The third-order valence-electron chi connectivity index (χ3n) is 12.9. The Labute approximate surface area is 406 Å². The van der Waals surface area contributed by atoms with Crippen LogP contribution in [0.5, 0.6) is 161 Å². The summed E-state index contributed by atoms with van der Waals surface area (Å²) >= 11 is 0. The predicted octanol–water partition coefficient (Wildman–Crippen LogP) is 4.96. The van der Waals surface area contributed by atoms with E-state index < -0.39 is 259 Å². The molecule has 29 heteroatoms. The van der Waals surface area contributed by atoms with Gasteiger partial charge in [0.25, 0.3) is 0 Å². The van der Waals surface area contributed by atoms with Crippen molar-refractivity contribution < 1.29 is 147 Å². The molecule has 10 aromatic rings. The standard InChI is InChI=1S/C46H28O29/c47-17-7(9-11(26(56)37(67)36(66)25(9)55)10(18(17)48)12-13-15(28(58)31(61)24(12)54)29(59)39(69)38(68)27(13)57)1-3-5(21(51)34(64)32(62)19(3)49)2(6-4(1)20(50)33(63)35(65)22(6)52)8-14-16-30(60)40(70)42(72)44(74)46(16)75-45(14)43(73)41(71)23(8)53/h47-74H. The number of hydrogen-bond acceptors (Lipinski definition) is 29. The summed E-state index contributed by atoms with van der Waals surface area (Å²) in [7, 11) is 0. The highest BCUT2D eigenvalue weighted by Gasteiger charge is 2.41. The highest BCUT2D eigenvalue weighted by atomic mass is 16.4. The topological polar surface area (TPSA) is 580 Å². The fraction of sp³-hybridized carbons (Fsp3) is 0. The van der Waals surface area contributed by atoms with E-state index in [-0.39, 0.29) is 0 Å². The van der Waals surface area contributed by atoms with Crippen LogP contribution in [0.25, 0.3) is 98.4 Å². The highest BCUT2D eigenvalue weighted by molar-refractivity contribution is 6.36. The van der Waals surface area contributed by atoms with E-state index in [9.17, 15) is 143 Å². The molecule has 0 bridgehead atoms. The highest BCUT2D eigenvalue weighted by Crippen LogP contribution is 2.70.